The van der Waals surface area contributed by atoms with Crippen molar-refractivity contribution in [2.45, 2.75) is 25.4 Å². The molecule has 12 nitrogen and oxygen atoms in total. The third-order valence-corrected chi connectivity index (χ3v) is 8.02. The summed E-state index contributed by atoms with van der Waals surface area (Å²) >= 11 is 0. The van der Waals surface area contributed by atoms with Crippen LogP contribution in [0.2, 0.25) is 0 Å². The summed E-state index contributed by atoms with van der Waals surface area (Å²) in [5.41, 5.74) is 9.72. The molecule has 0 spiro atoms. The van der Waals surface area contributed by atoms with E-state index >= 15 is 0 Å². The van der Waals surface area contributed by atoms with Crippen LogP contribution in [-0.2, 0) is 32.1 Å². The predicted molar refractivity (Wildman–Crippen MR) is 138 cm³/mol. The van der Waals surface area contributed by atoms with Gasteiger partial charge in [-0.2, -0.15) is 0 Å². The normalized spacial score (nSPS) is 26.7. The molecule has 1 fully saturated rings. The predicted octanol–water partition coefficient (Wildman–Crippen LogP) is -0.510. The molecule has 1 amide bonds. The Morgan fingerprint density at radius 3 is 2.37 bits per heavy atom. The first-order valence-electron chi connectivity index (χ1n) is 12.2. The van der Waals surface area contributed by atoms with Gasteiger partial charge in [0.2, 0.25) is 0 Å². The molecule has 3 unspecified atom stereocenters. The fraction of sp³-hybridized carbons (Fsp3) is 0.462. The number of rotatable bonds is 6. The summed E-state index contributed by atoms with van der Waals surface area (Å²) in [6.07, 6.45) is 0.540. The van der Waals surface area contributed by atoms with Crippen LogP contribution in [0.4, 0.5) is 5.69 Å². The van der Waals surface area contributed by atoms with Crippen LogP contribution in [0.1, 0.15) is 23.1 Å². The van der Waals surface area contributed by atoms with Gasteiger partial charge in [0, 0.05) is 43.4 Å². The molecule has 204 valence electrons. The Morgan fingerprint density at radius 1 is 1.18 bits per heavy atom. The van der Waals surface area contributed by atoms with Crippen LogP contribution in [0.5, 0.6) is 5.75 Å². The van der Waals surface area contributed by atoms with Crippen LogP contribution in [0, 0.1) is 17.3 Å². The van der Waals surface area contributed by atoms with Crippen LogP contribution < -0.4 is 21.7 Å². The fourth-order valence-electron chi connectivity index (χ4n) is 6.33. The number of benzene rings is 1. The minimum atomic E-state index is -2.30. The van der Waals surface area contributed by atoms with E-state index in [2.05, 4.69) is 5.32 Å². The average molecular weight is 528 g/mol. The van der Waals surface area contributed by atoms with E-state index in [9.17, 15) is 34.5 Å². The number of hydrogen-bond donors (Lipinski definition) is 6. The summed E-state index contributed by atoms with van der Waals surface area (Å²) in [7, 11) is 6.76. The highest BCUT2D eigenvalue weighted by Crippen LogP contribution is 2.56. The lowest BCUT2D eigenvalue weighted by molar-refractivity contribution is -0.145. The van der Waals surface area contributed by atoms with Gasteiger partial charge in [-0.05, 0) is 44.5 Å². The van der Waals surface area contributed by atoms with E-state index in [1.54, 1.807) is 39.2 Å². The van der Waals surface area contributed by atoms with E-state index in [1.807, 2.05) is 0 Å². The molecule has 1 aromatic carbocycles. The molecule has 38 heavy (non-hydrogen) atoms. The number of aldehydes is 1. The molecule has 0 bridgehead atoms. The van der Waals surface area contributed by atoms with Crippen LogP contribution >= 0.6 is 0 Å². The summed E-state index contributed by atoms with van der Waals surface area (Å²) in [4.78, 5) is 56.6. The quantitative estimate of drug-likeness (QED) is 0.120. The average Bonchev–Trinajstić information content (AvgIpc) is 2.84. The Hall–Kier alpha value is -3.74. The number of Topliss-reactive ketones (excluding diaryl/α,β-unsaturated/α-hetero) is 2. The number of phenolic OH excluding ortho intramolecular Hbond substituents is 1. The van der Waals surface area contributed by atoms with Crippen molar-refractivity contribution < 1.29 is 34.5 Å². The van der Waals surface area contributed by atoms with Crippen molar-refractivity contribution in [3.8, 4) is 5.75 Å². The smallest absolute Gasteiger partial charge is 0.259 e. The molecule has 3 aliphatic rings. The molecule has 0 aromatic heterocycles. The molecule has 8 N–H and O–H groups in total. The maximum atomic E-state index is 14.2. The number of carbonyl (C=O) groups is 4. The van der Waals surface area contributed by atoms with Gasteiger partial charge in [0.1, 0.15) is 29.1 Å². The maximum Gasteiger partial charge on any atom is 0.259 e. The summed E-state index contributed by atoms with van der Waals surface area (Å²) < 4.78 is 0. The largest absolute Gasteiger partial charge is 0.510 e. The summed E-state index contributed by atoms with van der Waals surface area (Å²) in [5.74, 6) is -6.07. The monoisotopic (exact) mass is 527 g/mol. The van der Waals surface area contributed by atoms with Gasteiger partial charge in [-0.25, -0.2) is 0 Å². The molecule has 0 radical (unpaired) electrons. The Labute approximate surface area is 219 Å². The summed E-state index contributed by atoms with van der Waals surface area (Å²) in [6, 6.07) is 0.626. The number of amides is 1. The molecule has 1 aromatic rings. The molecule has 12 heteroatoms. The van der Waals surface area contributed by atoms with Gasteiger partial charge in [-0.3, -0.25) is 19.3 Å². The molecule has 0 aliphatic heterocycles. The van der Waals surface area contributed by atoms with Crippen molar-refractivity contribution in [3.63, 3.8) is 0 Å². The van der Waals surface area contributed by atoms with Gasteiger partial charge in [0.15, 0.2) is 17.0 Å². The van der Waals surface area contributed by atoms with Crippen molar-refractivity contribution in [2.75, 3.05) is 39.8 Å². The SMILES string of the molecule is CN(C)c1cc(CN)c(O)c2c1CC1CC3[C@H](N(C)C)C(=O)C(C(=O)NCN)=C(O)C3(C=O)C(=O)C1=C2O. The number of phenols is 1. The second-order valence-corrected chi connectivity index (χ2v) is 10.4. The van der Waals surface area contributed by atoms with Gasteiger partial charge in [-0.15, -0.1) is 0 Å². The van der Waals surface area contributed by atoms with E-state index in [0.29, 0.717) is 16.8 Å². The van der Waals surface area contributed by atoms with E-state index in [-0.39, 0.29) is 49.2 Å². The first-order valence-corrected chi connectivity index (χ1v) is 12.2. The molecule has 4 rings (SSSR count). The van der Waals surface area contributed by atoms with Gasteiger partial charge >= 0.3 is 0 Å². The first-order chi connectivity index (χ1) is 17.9. The first kappa shape index (κ1) is 27.3. The molecule has 4 atom stereocenters. The second-order valence-electron chi connectivity index (χ2n) is 10.4. The number of allylic oxidation sites excluding steroid dienone is 2. The highest BCUT2D eigenvalue weighted by molar-refractivity contribution is 6.26. The minimum absolute atomic E-state index is 0.0317. The maximum absolute atomic E-state index is 14.2. The van der Waals surface area contributed by atoms with Crippen LogP contribution in [0.3, 0.4) is 0 Å². The minimum Gasteiger partial charge on any atom is -0.510 e. The van der Waals surface area contributed by atoms with E-state index in [4.69, 9.17) is 11.5 Å². The van der Waals surface area contributed by atoms with Crippen LogP contribution in [-0.4, -0.2) is 84.9 Å². The number of likely N-dealkylation sites (N-methyl/N-ethyl adjacent to an activating group) is 1. The van der Waals surface area contributed by atoms with Crippen molar-refractivity contribution in [2.24, 2.45) is 28.7 Å². The number of hydrogen-bond acceptors (Lipinski definition) is 11. The molecule has 3 aliphatic carbocycles. The third kappa shape index (κ3) is 3.55. The third-order valence-electron chi connectivity index (χ3n) is 8.02. The van der Waals surface area contributed by atoms with Crippen molar-refractivity contribution in [1.29, 1.82) is 0 Å². The zero-order chi connectivity index (χ0) is 28.3. The molecular formula is C26H33N5O7. The molecule has 1 saturated carbocycles. The number of nitrogens with two attached hydrogens (primary N) is 2. The number of aromatic hydroxyl groups is 1. The number of nitrogens with zero attached hydrogens (tertiary/aromatic N) is 2. The Bertz CT molecular complexity index is 1320. The number of anilines is 1. The molecule has 0 heterocycles. The van der Waals surface area contributed by atoms with Gasteiger partial charge in [0.05, 0.1) is 18.3 Å². The van der Waals surface area contributed by atoms with E-state index < -0.39 is 57.9 Å². The van der Waals surface area contributed by atoms with Crippen molar-refractivity contribution in [3.05, 3.63) is 39.7 Å². The summed E-state index contributed by atoms with van der Waals surface area (Å²) in [5, 5.41) is 36.0. The highest BCUT2D eigenvalue weighted by atomic mass is 16.3. The van der Waals surface area contributed by atoms with Crippen LogP contribution in [0.25, 0.3) is 5.76 Å². The van der Waals surface area contributed by atoms with Crippen molar-refractivity contribution in [1.82, 2.24) is 10.2 Å². The topological polar surface area (TPSA) is 200 Å². The number of carbonyl (C=O) groups excluding carboxylic acids is 4. The van der Waals surface area contributed by atoms with Gasteiger partial charge in [0.25, 0.3) is 5.91 Å². The van der Waals surface area contributed by atoms with Gasteiger partial charge < -0.3 is 41.8 Å². The number of fused-ring (bicyclic) bond motifs is 3. The highest BCUT2D eigenvalue weighted by Gasteiger charge is 2.65. The Morgan fingerprint density at radius 2 is 1.84 bits per heavy atom. The molecular weight excluding hydrogens is 494 g/mol. The lowest BCUT2D eigenvalue weighted by Crippen LogP contribution is -2.62. The van der Waals surface area contributed by atoms with E-state index in [1.165, 1.54) is 4.90 Å². The Kier molecular flexibility index (Phi) is 6.85. The summed E-state index contributed by atoms with van der Waals surface area (Å²) in [6.45, 7) is -0.376. The second kappa shape index (κ2) is 9.53. The zero-order valence-electron chi connectivity index (χ0n) is 21.7. The van der Waals surface area contributed by atoms with E-state index in [0.717, 1.165) is 0 Å². The van der Waals surface area contributed by atoms with Crippen molar-refractivity contribution >= 4 is 35.2 Å². The van der Waals surface area contributed by atoms with Crippen LogP contribution in [0.15, 0.2) is 23.0 Å². The fourth-order valence-corrected chi connectivity index (χ4v) is 6.33. The lowest BCUT2D eigenvalue weighted by Gasteiger charge is -2.50. The number of aliphatic hydroxyl groups is 2. The lowest BCUT2D eigenvalue weighted by atomic mass is 9.52. The van der Waals surface area contributed by atoms with Gasteiger partial charge in [-0.1, -0.05) is 0 Å². The Balaban J connectivity index is 2.04. The number of ketones is 2. The number of nitrogens with one attached hydrogen (secondary N) is 1. The zero-order valence-corrected chi connectivity index (χ0v) is 21.7. The number of aliphatic hydroxyl groups excluding tert-OH is 2. The molecule has 0 saturated heterocycles. The standard InChI is InChI=1S/C26H33N5O7/c1-30(2)15-7-12(8-27)20(33)17-13(15)5-11-6-14-19(31(3)4)22(35)18(25(38)29-10-28)24(37)26(14,9-32)23(36)16(11)21(17)34/h7,9,11,14,19,33-34,37H,5-6,8,10,27-28H2,1-4H3,(H,29,38)/t11?,14?,19-,26?/m0/s1.